The second-order valence-corrected chi connectivity index (χ2v) is 5.03. The van der Waals surface area contributed by atoms with Gasteiger partial charge in [0.25, 0.3) is 5.91 Å². The van der Waals surface area contributed by atoms with Crippen LogP contribution in [0, 0.1) is 0 Å². The number of piperidine rings is 1. The minimum absolute atomic E-state index is 0.0566. The van der Waals surface area contributed by atoms with Crippen LogP contribution in [0.25, 0.3) is 0 Å². The van der Waals surface area contributed by atoms with Gasteiger partial charge in [-0.05, 0) is 44.5 Å². The van der Waals surface area contributed by atoms with Crippen LogP contribution in [0.3, 0.4) is 0 Å². The van der Waals surface area contributed by atoms with Gasteiger partial charge in [0.15, 0.2) is 11.5 Å². The Labute approximate surface area is 112 Å². The van der Waals surface area contributed by atoms with Crippen LogP contribution < -0.4 is 20.1 Å². The summed E-state index contributed by atoms with van der Waals surface area (Å²) >= 11 is 0. The number of benzene rings is 1. The molecular formula is C14H18N2O3. The van der Waals surface area contributed by atoms with Crippen molar-refractivity contribution in [3.8, 4) is 11.5 Å². The quantitative estimate of drug-likeness (QED) is 0.843. The zero-order chi connectivity index (χ0) is 13.2. The fourth-order valence-electron chi connectivity index (χ4n) is 2.53. The third-order valence-corrected chi connectivity index (χ3v) is 3.71. The monoisotopic (exact) mass is 262 g/mol. The van der Waals surface area contributed by atoms with Crippen molar-refractivity contribution in [1.82, 2.24) is 10.6 Å². The summed E-state index contributed by atoms with van der Waals surface area (Å²) in [5.74, 6) is 1.28. The van der Waals surface area contributed by atoms with E-state index in [4.69, 9.17) is 9.47 Å². The fraction of sp³-hybridized carbons (Fsp3) is 0.500. The smallest absolute Gasteiger partial charge is 0.251 e. The maximum Gasteiger partial charge on any atom is 0.251 e. The van der Waals surface area contributed by atoms with E-state index in [2.05, 4.69) is 17.6 Å². The van der Waals surface area contributed by atoms with Crippen LogP contribution in [0.15, 0.2) is 18.2 Å². The first kappa shape index (κ1) is 12.3. The lowest BCUT2D eigenvalue weighted by Crippen LogP contribution is -2.51. The molecule has 0 saturated carbocycles. The van der Waals surface area contributed by atoms with E-state index in [1.807, 2.05) is 0 Å². The van der Waals surface area contributed by atoms with Crippen molar-refractivity contribution in [2.45, 2.75) is 31.8 Å². The molecule has 5 heteroatoms. The molecule has 5 nitrogen and oxygen atoms in total. The molecule has 19 heavy (non-hydrogen) atoms. The van der Waals surface area contributed by atoms with Gasteiger partial charge in [-0.15, -0.1) is 0 Å². The summed E-state index contributed by atoms with van der Waals surface area (Å²) in [5, 5.41) is 6.45. The third-order valence-electron chi connectivity index (χ3n) is 3.71. The number of carbonyl (C=O) groups is 1. The van der Waals surface area contributed by atoms with Crippen molar-refractivity contribution in [2.75, 3.05) is 13.3 Å². The number of ether oxygens (including phenoxy) is 2. The first-order valence-electron chi connectivity index (χ1n) is 6.68. The van der Waals surface area contributed by atoms with Crippen molar-refractivity contribution >= 4 is 5.91 Å². The highest BCUT2D eigenvalue weighted by Gasteiger charge is 2.23. The van der Waals surface area contributed by atoms with Gasteiger partial charge in [0, 0.05) is 17.6 Å². The molecule has 2 atom stereocenters. The summed E-state index contributed by atoms with van der Waals surface area (Å²) in [6.45, 7) is 3.35. The first-order chi connectivity index (χ1) is 9.24. The molecule has 0 aliphatic carbocycles. The van der Waals surface area contributed by atoms with Crippen molar-refractivity contribution < 1.29 is 14.3 Å². The highest BCUT2D eigenvalue weighted by atomic mass is 16.7. The molecule has 1 aromatic carbocycles. The van der Waals surface area contributed by atoms with E-state index >= 15 is 0 Å². The molecule has 102 valence electrons. The molecule has 0 bridgehead atoms. The summed E-state index contributed by atoms with van der Waals surface area (Å²) in [7, 11) is 0. The standard InChI is InChI=1S/C14H18N2O3/c1-9-11(3-2-6-15-9)16-14(17)10-4-5-12-13(7-10)19-8-18-12/h4-5,7,9,11,15H,2-3,6,8H2,1H3,(H,16,17). The SMILES string of the molecule is CC1NCCCC1NC(=O)c1ccc2c(c1)OCO2. The maximum atomic E-state index is 12.2. The molecule has 2 unspecified atom stereocenters. The van der Waals surface area contributed by atoms with Gasteiger partial charge >= 0.3 is 0 Å². The lowest BCUT2D eigenvalue weighted by Gasteiger charge is -2.30. The Kier molecular flexibility index (Phi) is 3.29. The van der Waals surface area contributed by atoms with Crippen molar-refractivity contribution in [1.29, 1.82) is 0 Å². The molecule has 2 heterocycles. The molecule has 0 aromatic heterocycles. The Morgan fingerprint density at radius 1 is 1.37 bits per heavy atom. The third kappa shape index (κ3) is 2.51. The average molecular weight is 262 g/mol. The normalized spacial score (nSPS) is 25.1. The summed E-state index contributed by atoms with van der Waals surface area (Å²) in [6, 6.07) is 5.78. The summed E-state index contributed by atoms with van der Waals surface area (Å²) in [6.07, 6.45) is 2.11. The van der Waals surface area contributed by atoms with E-state index in [0.717, 1.165) is 19.4 Å². The molecule has 1 aromatic rings. The van der Waals surface area contributed by atoms with E-state index in [9.17, 15) is 4.79 Å². The summed E-state index contributed by atoms with van der Waals surface area (Å²) < 4.78 is 10.5. The van der Waals surface area contributed by atoms with Gasteiger partial charge < -0.3 is 20.1 Å². The second kappa shape index (κ2) is 5.09. The van der Waals surface area contributed by atoms with Crippen molar-refractivity contribution in [3.05, 3.63) is 23.8 Å². The van der Waals surface area contributed by atoms with Gasteiger partial charge in [-0.2, -0.15) is 0 Å². The number of nitrogens with one attached hydrogen (secondary N) is 2. The predicted molar refractivity (Wildman–Crippen MR) is 70.5 cm³/mol. The summed E-state index contributed by atoms with van der Waals surface area (Å²) in [5.41, 5.74) is 0.613. The van der Waals surface area contributed by atoms with Crippen molar-refractivity contribution in [3.63, 3.8) is 0 Å². The molecule has 1 saturated heterocycles. The van der Waals surface area contributed by atoms with Gasteiger partial charge in [0.1, 0.15) is 0 Å². The van der Waals surface area contributed by atoms with Crippen LogP contribution >= 0.6 is 0 Å². The fourth-order valence-corrected chi connectivity index (χ4v) is 2.53. The minimum Gasteiger partial charge on any atom is -0.454 e. The van der Waals surface area contributed by atoms with Crippen molar-refractivity contribution in [2.24, 2.45) is 0 Å². The Morgan fingerprint density at radius 3 is 3.05 bits per heavy atom. The molecule has 2 N–H and O–H groups in total. The van der Waals surface area contributed by atoms with Gasteiger partial charge in [-0.25, -0.2) is 0 Å². The Hall–Kier alpha value is -1.75. The topological polar surface area (TPSA) is 59.6 Å². The molecule has 2 aliphatic rings. The minimum atomic E-state index is -0.0566. The van der Waals surface area contributed by atoms with E-state index in [0.29, 0.717) is 23.1 Å². The number of amides is 1. The molecule has 2 aliphatic heterocycles. The zero-order valence-electron chi connectivity index (χ0n) is 10.9. The highest BCUT2D eigenvalue weighted by Crippen LogP contribution is 2.32. The molecule has 1 amide bonds. The molecular weight excluding hydrogens is 244 g/mol. The van der Waals surface area contributed by atoms with E-state index in [-0.39, 0.29) is 18.7 Å². The van der Waals surface area contributed by atoms with E-state index in [1.165, 1.54) is 0 Å². The Morgan fingerprint density at radius 2 is 2.21 bits per heavy atom. The van der Waals surface area contributed by atoms with Crippen LogP contribution in [-0.2, 0) is 0 Å². The Balaban J connectivity index is 1.70. The molecule has 3 rings (SSSR count). The van der Waals surface area contributed by atoms with E-state index in [1.54, 1.807) is 18.2 Å². The van der Waals surface area contributed by atoms with Crippen LogP contribution in [0.1, 0.15) is 30.1 Å². The van der Waals surface area contributed by atoms with Crippen LogP contribution in [-0.4, -0.2) is 31.3 Å². The van der Waals surface area contributed by atoms with Gasteiger partial charge in [-0.3, -0.25) is 4.79 Å². The van der Waals surface area contributed by atoms with Crippen LogP contribution in [0.2, 0.25) is 0 Å². The lowest BCUT2D eigenvalue weighted by atomic mass is 9.99. The molecule has 0 spiro atoms. The van der Waals surface area contributed by atoms with Gasteiger partial charge in [-0.1, -0.05) is 0 Å². The number of carbonyl (C=O) groups excluding carboxylic acids is 1. The molecule has 0 radical (unpaired) electrons. The first-order valence-corrected chi connectivity index (χ1v) is 6.68. The number of hydrogen-bond acceptors (Lipinski definition) is 4. The highest BCUT2D eigenvalue weighted by molar-refractivity contribution is 5.95. The average Bonchev–Trinajstić information content (AvgIpc) is 2.88. The van der Waals surface area contributed by atoms with Crippen LogP contribution in [0.4, 0.5) is 0 Å². The largest absolute Gasteiger partial charge is 0.454 e. The predicted octanol–water partition coefficient (Wildman–Crippen LogP) is 1.29. The van der Waals surface area contributed by atoms with Crippen LogP contribution in [0.5, 0.6) is 11.5 Å². The van der Waals surface area contributed by atoms with Gasteiger partial charge in [0.05, 0.1) is 0 Å². The molecule has 1 fully saturated rings. The number of fused-ring (bicyclic) bond motifs is 1. The van der Waals surface area contributed by atoms with Gasteiger partial charge in [0.2, 0.25) is 6.79 Å². The maximum absolute atomic E-state index is 12.2. The van der Waals surface area contributed by atoms with E-state index < -0.39 is 0 Å². The number of hydrogen-bond donors (Lipinski definition) is 2. The second-order valence-electron chi connectivity index (χ2n) is 5.03. The Bertz CT molecular complexity index is 490. The summed E-state index contributed by atoms with van der Waals surface area (Å²) in [4.78, 5) is 12.2. The lowest BCUT2D eigenvalue weighted by molar-refractivity contribution is 0.0919. The zero-order valence-corrected chi connectivity index (χ0v) is 10.9. The number of rotatable bonds is 2.